The lowest BCUT2D eigenvalue weighted by atomic mass is 9.86. The summed E-state index contributed by atoms with van der Waals surface area (Å²) in [4.78, 5) is 33.2. The summed E-state index contributed by atoms with van der Waals surface area (Å²) in [6, 6.07) is 9.35. The average Bonchev–Trinajstić information content (AvgIpc) is 2.99. The highest BCUT2D eigenvalue weighted by Crippen LogP contribution is 2.26. The second-order valence-electron chi connectivity index (χ2n) is 10.1. The summed E-state index contributed by atoms with van der Waals surface area (Å²) in [5, 5.41) is 5.63. The zero-order valence-corrected chi connectivity index (χ0v) is 20.2. The fourth-order valence-corrected chi connectivity index (χ4v) is 4.31. The van der Waals surface area contributed by atoms with E-state index < -0.39 is 11.5 Å². The Balaban J connectivity index is 1.99. The van der Waals surface area contributed by atoms with Crippen LogP contribution in [-0.2, 0) is 17.8 Å². The number of hydrogen-bond acceptors (Lipinski definition) is 4. The molecule has 0 spiro atoms. The van der Waals surface area contributed by atoms with Crippen LogP contribution >= 0.6 is 0 Å². The molecule has 0 bridgehead atoms. The molecule has 3 rings (SSSR count). The van der Waals surface area contributed by atoms with E-state index in [-0.39, 0.29) is 11.8 Å². The Hall–Kier alpha value is -2.67. The number of nitrogens with one attached hydrogen (secondary N) is 2. The molecule has 2 heterocycles. The van der Waals surface area contributed by atoms with Gasteiger partial charge in [0.1, 0.15) is 17.6 Å². The van der Waals surface area contributed by atoms with Gasteiger partial charge in [0.2, 0.25) is 5.91 Å². The van der Waals surface area contributed by atoms with Gasteiger partial charge in [-0.1, -0.05) is 65.0 Å². The molecule has 7 heteroatoms. The molecule has 2 amide bonds. The molecule has 1 aromatic heterocycles. The van der Waals surface area contributed by atoms with Gasteiger partial charge >= 0.3 is 0 Å². The van der Waals surface area contributed by atoms with E-state index in [0.717, 1.165) is 49.7 Å². The van der Waals surface area contributed by atoms with Crippen molar-refractivity contribution in [3.05, 3.63) is 41.7 Å². The lowest BCUT2D eigenvalue weighted by Crippen LogP contribution is -2.53. The van der Waals surface area contributed by atoms with Crippen LogP contribution in [0.2, 0.25) is 0 Å². The van der Waals surface area contributed by atoms with Crippen LogP contribution in [0.4, 0.5) is 0 Å². The van der Waals surface area contributed by atoms with Crippen LogP contribution in [0, 0.1) is 11.3 Å². The minimum Gasteiger partial charge on any atom is -0.357 e. The van der Waals surface area contributed by atoms with Gasteiger partial charge in [-0.3, -0.25) is 9.59 Å². The second-order valence-corrected chi connectivity index (χ2v) is 10.1. The number of likely N-dealkylation sites (N-methyl/N-ethyl adjacent to an activating group) is 1. The van der Waals surface area contributed by atoms with Crippen molar-refractivity contribution in [2.24, 2.45) is 11.3 Å². The molecule has 0 fully saturated rings. The minimum atomic E-state index is -0.652. The first-order valence-corrected chi connectivity index (χ1v) is 11.5. The van der Waals surface area contributed by atoms with E-state index in [2.05, 4.69) is 33.9 Å². The van der Waals surface area contributed by atoms with E-state index in [0.29, 0.717) is 11.6 Å². The largest absolute Gasteiger partial charge is 0.357 e. The zero-order chi connectivity index (χ0) is 23.5. The number of imidazole rings is 1. The van der Waals surface area contributed by atoms with E-state index in [1.165, 1.54) is 0 Å². The number of carbonyl (C=O) groups excluding carboxylic acids is 2. The van der Waals surface area contributed by atoms with Crippen molar-refractivity contribution in [2.45, 2.75) is 53.6 Å². The SMILES string of the molecule is CNC(=O)C(NC(=O)c1nc(-c2ccccc2)n2c1CCN(CC(C)C)CC2)C(C)(C)C. The highest BCUT2D eigenvalue weighted by atomic mass is 16.2. The van der Waals surface area contributed by atoms with Gasteiger partial charge in [0.15, 0.2) is 0 Å². The van der Waals surface area contributed by atoms with Crippen LogP contribution < -0.4 is 10.6 Å². The van der Waals surface area contributed by atoms with Crippen LogP contribution in [0.1, 0.15) is 50.8 Å². The van der Waals surface area contributed by atoms with Crippen molar-refractivity contribution in [3.8, 4) is 11.4 Å². The van der Waals surface area contributed by atoms with E-state index in [1.807, 2.05) is 51.1 Å². The first-order chi connectivity index (χ1) is 15.1. The predicted molar refractivity (Wildman–Crippen MR) is 127 cm³/mol. The molecule has 174 valence electrons. The van der Waals surface area contributed by atoms with Crippen molar-refractivity contribution >= 4 is 11.8 Å². The fraction of sp³-hybridized carbons (Fsp3) is 0.560. The van der Waals surface area contributed by atoms with Gasteiger partial charge in [-0.2, -0.15) is 0 Å². The lowest BCUT2D eigenvalue weighted by molar-refractivity contribution is -0.124. The molecule has 0 saturated carbocycles. The Kier molecular flexibility index (Phi) is 7.39. The van der Waals surface area contributed by atoms with Crippen LogP contribution in [0.25, 0.3) is 11.4 Å². The highest BCUT2D eigenvalue weighted by molar-refractivity contribution is 5.97. The molecule has 1 atom stereocenters. The van der Waals surface area contributed by atoms with Gasteiger partial charge in [-0.05, 0) is 11.3 Å². The van der Waals surface area contributed by atoms with Crippen molar-refractivity contribution in [3.63, 3.8) is 0 Å². The summed E-state index contributed by atoms with van der Waals surface area (Å²) in [6.07, 6.45) is 0.746. The minimum absolute atomic E-state index is 0.206. The number of nitrogens with zero attached hydrogens (tertiary/aromatic N) is 3. The molecule has 1 aromatic carbocycles. The summed E-state index contributed by atoms with van der Waals surface area (Å²) in [6.45, 7) is 13.9. The smallest absolute Gasteiger partial charge is 0.272 e. The van der Waals surface area contributed by atoms with E-state index in [4.69, 9.17) is 4.98 Å². The maximum absolute atomic E-state index is 13.4. The van der Waals surface area contributed by atoms with Crippen LogP contribution in [0.15, 0.2) is 30.3 Å². The summed E-state index contributed by atoms with van der Waals surface area (Å²) in [5.41, 5.74) is 1.93. The third-order valence-corrected chi connectivity index (χ3v) is 5.90. The number of carbonyl (C=O) groups is 2. The summed E-state index contributed by atoms with van der Waals surface area (Å²) in [5.74, 6) is 0.894. The van der Waals surface area contributed by atoms with Crippen LogP contribution in [0.3, 0.4) is 0 Å². The van der Waals surface area contributed by atoms with Gasteiger partial charge < -0.3 is 20.1 Å². The van der Waals surface area contributed by atoms with E-state index in [9.17, 15) is 9.59 Å². The summed E-state index contributed by atoms with van der Waals surface area (Å²) in [7, 11) is 1.59. The number of hydrogen-bond donors (Lipinski definition) is 2. The Morgan fingerprint density at radius 1 is 1.09 bits per heavy atom. The van der Waals surface area contributed by atoms with Gasteiger partial charge in [0.25, 0.3) is 5.91 Å². The highest BCUT2D eigenvalue weighted by Gasteiger charge is 2.34. The Bertz CT molecular complexity index is 943. The van der Waals surface area contributed by atoms with E-state index >= 15 is 0 Å². The van der Waals surface area contributed by atoms with Crippen molar-refractivity contribution < 1.29 is 9.59 Å². The number of amides is 2. The second kappa shape index (κ2) is 9.86. The molecule has 1 aliphatic heterocycles. The molecule has 2 N–H and O–H groups in total. The molecule has 7 nitrogen and oxygen atoms in total. The third-order valence-electron chi connectivity index (χ3n) is 5.90. The molecular weight excluding hydrogens is 402 g/mol. The van der Waals surface area contributed by atoms with Crippen molar-refractivity contribution in [1.82, 2.24) is 25.1 Å². The quantitative estimate of drug-likeness (QED) is 0.725. The lowest BCUT2D eigenvalue weighted by Gasteiger charge is -2.29. The average molecular weight is 440 g/mol. The topological polar surface area (TPSA) is 79.3 Å². The summed E-state index contributed by atoms with van der Waals surface area (Å²) < 4.78 is 2.19. The molecule has 32 heavy (non-hydrogen) atoms. The Labute approximate surface area is 191 Å². The number of rotatable bonds is 6. The fourth-order valence-electron chi connectivity index (χ4n) is 4.31. The van der Waals surface area contributed by atoms with E-state index in [1.54, 1.807) is 7.05 Å². The Morgan fingerprint density at radius 2 is 1.78 bits per heavy atom. The monoisotopic (exact) mass is 439 g/mol. The molecule has 0 radical (unpaired) electrons. The molecule has 2 aromatic rings. The van der Waals surface area contributed by atoms with Crippen LogP contribution in [0.5, 0.6) is 0 Å². The number of aromatic nitrogens is 2. The standard InChI is InChI=1S/C25H37N5O2/c1-17(2)16-29-13-12-19-20(23(31)28-21(24(32)26-6)25(3,4)5)27-22(30(19)15-14-29)18-10-8-7-9-11-18/h7-11,17,21H,12-16H2,1-6H3,(H,26,32)(H,28,31). The summed E-state index contributed by atoms with van der Waals surface area (Å²) >= 11 is 0. The van der Waals surface area contributed by atoms with Gasteiger partial charge in [0.05, 0.1) is 5.69 Å². The number of benzene rings is 1. The molecule has 1 unspecified atom stereocenters. The Morgan fingerprint density at radius 3 is 2.38 bits per heavy atom. The third kappa shape index (κ3) is 5.38. The molecular formula is C25H37N5O2. The van der Waals surface area contributed by atoms with Gasteiger partial charge in [-0.25, -0.2) is 4.98 Å². The first kappa shape index (κ1) is 24.0. The normalized spacial score (nSPS) is 15.7. The van der Waals surface area contributed by atoms with Crippen molar-refractivity contribution in [2.75, 3.05) is 26.7 Å². The maximum Gasteiger partial charge on any atom is 0.272 e. The predicted octanol–water partition coefficient (Wildman–Crippen LogP) is 2.95. The van der Waals surface area contributed by atoms with Gasteiger partial charge in [-0.15, -0.1) is 0 Å². The van der Waals surface area contributed by atoms with Crippen LogP contribution in [-0.4, -0.2) is 59.0 Å². The maximum atomic E-state index is 13.4. The first-order valence-electron chi connectivity index (χ1n) is 11.5. The van der Waals surface area contributed by atoms with Gasteiger partial charge in [0, 0.05) is 45.2 Å². The molecule has 0 saturated heterocycles. The number of fused-ring (bicyclic) bond motifs is 1. The molecule has 1 aliphatic rings. The zero-order valence-electron chi connectivity index (χ0n) is 20.2. The molecule has 0 aliphatic carbocycles. The van der Waals surface area contributed by atoms with Crippen molar-refractivity contribution in [1.29, 1.82) is 0 Å².